The maximum Gasteiger partial charge on any atom is 0.459 e. The van der Waals surface area contributed by atoms with E-state index in [4.69, 9.17) is 52.2 Å². The number of para-hydroxylation sites is 2. The van der Waals surface area contributed by atoms with Crippen molar-refractivity contribution in [1.82, 2.24) is 49.2 Å². The second-order valence-corrected chi connectivity index (χ2v) is 24.0. The number of aliphatic hydroxyl groups excluding tert-OH is 2. The average Bonchev–Trinajstić information content (AvgIpc) is 1.67. The Labute approximate surface area is 485 Å². The molecule has 0 saturated carbocycles. The molecular weight excluding hydrogens is 1170 g/mol. The minimum Gasteiger partial charge on any atom is -0.476 e. The SMILES string of the molecule is CCOc1nc(C)nc2c1ncn2[C@@H]1O[C@](F)(COP(=O)(NC(C)C(=O)OCC(C)C)Oc2ccccc2)[C@@H](O)[C@@]1(C)F.CCOc1nc(N)nc2c1ncn2[C@@H]1O[C@](F)(COP(=O)(NC(C)C(=O)OC(C)C)Oc2ccccc2)[C@@H](O)[C@@]1(C)F. The van der Waals surface area contributed by atoms with Crippen molar-refractivity contribution in [2.24, 2.45) is 5.92 Å². The Morgan fingerprint density at radius 1 is 0.682 bits per heavy atom. The lowest BCUT2D eigenvalue weighted by Crippen LogP contribution is -2.47. The molecule has 6 N–H and O–H groups in total. The summed E-state index contributed by atoms with van der Waals surface area (Å²) < 4.78 is 148. The molecule has 85 heavy (non-hydrogen) atoms. The lowest BCUT2D eigenvalue weighted by atomic mass is 9.97. The van der Waals surface area contributed by atoms with Crippen LogP contribution in [0.5, 0.6) is 23.3 Å². The van der Waals surface area contributed by atoms with Gasteiger partial charge in [0.1, 0.15) is 42.6 Å². The third-order valence-electron chi connectivity index (χ3n) is 12.6. The molecule has 6 heterocycles. The predicted molar refractivity (Wildman–Crippen MR) is 295 cm³/mol. The van der Waals surface area contributed by atoms with Crippen molar-refractivity contribution in [1.29, 1.82) is 0 Å². The Morgan fingerprint density at radius 2 is 1.11 bits per heavy atom. The number of hydrogen-bond acceptors (Lipinski definition) is 23. The molecule has 12 atom stereocenters. The van der Waals surface area contributed by atoms with E-state index in [2.05, 4.69) is 40.1 Å². The fraction of sp³-hybridized carbons (Fsp3) is 0.538. The first-order valence-corrected chi connectivity index (χ1v) is 29.8. The maximum absolute atomic E-state index is 16.3. The van der Waals surface area contributed by atoms with E-state index < -0.39 is 107 Å². The van der Waals surface area contributed by atoms with Gasteiger partial charge in [0.15, 0.2) is 58.3 Å². The molecule has 466 valence electrons. The summed E-state index contributed by atoms with van der Waals surface area (Å²) in [5, 5.41) is 26.4. The Kier molecular flexibility index (Phi) is 20.6. The third-order valence-corrected chi connectivity index (χ3v) is 15.8. The van der Waals surface area contributed by atoms with Crippen LogP contribution in [0.3, 0.4) is 0 Å². The number of aryl methyl sites for hydroxylation is 1. The van der Waals surface area contributed by atoms with Crippen molar-refractivity contribution in [3.63, 3.8) is 0 Å². The zero-order valence-corrected chi connectivity index (χ0v) is 50.0. The van der Waals surface area contributed by atoms with Crippen LogP contribution in [0.1, 0.15) is 87.5 Å². The second kappa shape index (κ2) is 26.5. The van der Waals surface area contributed by atoms with E-state index in [9.17, 15) is 28.9 Å². The van der Waals surface area contributed by atoms with Gasteiger partial charge in [-0.3, -0.25) is 27.8 Å². The number of nitrogens with one attached hydrogen (secondary N) is 2. The monoisotopic (exact) mass is 1240 g/mol. The van der Waals surface area contributed by atoms with Gasteiger partial charge in [0.2, 0.25) is 17.7 Å². The number of hydrogen-bond donors (Lipinski definition) is 5. The van der Waals surface area contributed by atoms with Crippen molar-refractivity contribution in [3.8, 4) is 23.3 Å². The smallest absolute Gasteiger partial charge is 0.459 e. The molecule has 0 amide bonds. The summed E-state index contributed by atoms with van der Waals surface area (Å²) in [5.74, 6) is -7.65. The summed E-state index contributed by atoms with van der Waals surface area (Å²) >= 11 is 0. The highest BCUT2D eigenvalue weighted by atomic mass is 31.2. The molecule has 2 aromatic carbocycles. The molecule has 0 spiro atoms. The van der Waals surface area contributed by atoms with Crippen LogP contribution in [-0.2, 0) is 46.7 Å². The Hall–Kier alpha value is -6.66. The van der Waals surface area contributed by atoms with Crippen LogP contribution in [0.4, 0.5) is 23.5 Å². The number of nitrogens with two attached hydrogens (primary N) is 1. The molecule has 0 aliphatic carbocycles. The first kappa shape index (κ1) is 65.9. The van der Waals surface area contributed by atoms with Gasteiger partial charge in [-0.05, 0) is 92.5 Å². The first-order valence-electron chi connectivity index (χ1n) is 26.7. The quantitative estimate of drug-likeness (QED) is 0.0211. The number of ether oxygens (including phenoxy) is 6. The number of rotatable bonds is 25. The summed E-state index contributed by atoms with van der Waals surface area (Å²) in [5.41, 5.74) is 0.541. The van der Waals surface area contributed by atoms with Crippen LogP contribution < -0.4 is 34.4 Å². The topological polar surface area (TPSA) is 338 Å². The van der Waals surface area contributed by atoms with E-state index >= 15 is 17.6 Å². The minimum atomic E-state index is -4.58. The first-order chi connectivity index (χ1) is 39.9. The number of fused-ring (bicyclic) bond motifs is 2. The molecule has 8 rings (SSSR count). The number of halogens is 4. The van der Waals surface area contributed by atoms with Gasteiger partial charge in [-0.25, -0.2) is 41.6 Å². The molecule has 6 aromatic rings. The van der Waals surface area contributed by atoms with Gasteiger partial charge in [0.25, 0.3) is 11.7 Å². The standard InChI is InChI=1S/C27H36F2N5O8P.C25H33F2N6O8P/c1-7-38-22-20-21(31-18(5)32-22)34(15-30-20)25-26(6,28)24(36)27(29,41-25)14-40-43(37,42-19-11-9-8-10-12-19)33-17(4)23(35)39-13-16(2)3;1-6-37-19-17-18(30-23(28)31-19)33(13-29-17)22-24(5,26)21(35)25(27,40-22)12-38-42(36,41-16-10-8-7-9-11-16)32-15(4)20(34)39-14(2)3/h8-12,15-17,24-25,36H,7,13-14H2,1-6H3,(H,33,37);7-11,13-15,21-22,35H,6,12H2,1-5H3,(H,32,36)(H2,28,30,31)/t17?,24-,25+,26+,27+,43?;15?,21-,22+,24+,25+,42?/m00/s1. The van der Waals surface area contributed by atoms with E-state index in [0.29, 0.717) is 0 Å². The van der Waals surface area contributed by atoms with Gasteiger partial charge in [-0.2, -0.15) is 25.1 Å². The van der Waals surface area contributed by atoms with E-state index in [0.717, 1.165) is 29.3 Å². The average molecular weight is 1240 g/mol. The van der Waals surface area contributed by atoms with Gasteiger partial charge < -0.3 is 53.4 Å². The number of nitrogen functional groups attached to an aromatic ring is 1. The molecule has 2 fully saturated rings. The molecular formula is C52H69F4N11O16P2. The van der Waals surface area contributed by atoms with E-state index in [1.165, 1.54) is 44.4 Å². The molecule has 2 saturated heterocycles. The van der Waals surface area contributed by atoms with Crippen LogP contribution in [-0.4, -0.2) is 148 Å². The molecule has 2 aliphatic heterocycles. The van der Waals surface area contributed by atoms with Crippen molar-refractivity contribution >= 4 is 55.7 Å². The lowest BCUT2D eigenvalue weighted by molar-refractivity contribution is -0.203. The number of imidazole rings is 2. The van der Waals surface area contributed by atoms with E-state index in [1.54, 1.807) is 71.0 Å². The number of carbonyl (C=O) groups is 2. The summed E-state index contributed by atoms with van der Waals surface area (Å²) in [4.78, 5) is 49.6. The van der Waals surface area contributed by atoms with Gasteiger partial charge in [-0.15, -0.1) is 0 Å². The van der Waals surface area contributed by atoms with Crippen molar-refractivity contribution in [2.75, 3.05) is 38.8 Å². The zero-order valence-electron chi connectivity index (χ0n) is 48.3. The number of alkyl halides is 4. The number of aliphatic hydroxyl groups is 2. The Bertz CT molecular complexity index is 3370. The molecule has 4 unspecified atom stereocenters. The van der Waals surface area contributed by atoms with Crippen LogP contribution >= 0.6 is 15.5 Å². The minimum absolute atomic E-state index is 0.0166. The van der Waals surface area contributed by atoms with E-state index in [1.807, 2.05) is 13.8 Å². The van der Waals surface area contributed by atoms with Gasteiger partial charge >= 0.3 is 27.4 Å². The Morgan fingerprint density at radius 3 is 1.53 bits per heavy atom. The second-order valence-electron chi connectivity index (χ2n) is 20.7. The number of carbonyl (C=O) groups excluding carboxylic acids is 2. The molecule has 27 nitrogen and oxygen atoms in total. The van der Waals surface area contributed by atoms with Crippen LogP contribution in [0, 0.1) is 12.8 Å². The summed E-state index contributed by atoms with van der Waals surface area (Å²) in [6.07, 6.45) is -6.69. The zero-order chi connectivity index (χ0) is 62.5. The molecule has 2 aliphatic rings. The number of esters is 2. The number of anilines is 1. The predicted octanol–water partition coefficient (Wildman–Crippen LogP) is 7.42. The van der Waals surface area contributed by atoms with Crippen LogP contribution in [0.2, 0.25) is 0 Å². The largest absolute Gasteiger partial charge is 0.476 e. The van der Waals surface area contributed by atoms with Gasteiger partial charge in [0.05, 0.1) is 38.6 Å². The van der Waals surface area contributed by atoms with Crippen molar-refractivity contribution < 1.29 is 93.0 Å². The van der Waals surface area contributed by atoms with Crippen LogP contribution in [0.25, 0.3) is 22.3 Å². The fourth-order valence-electron chi connectivity index (χ4n) is 8.50. The van der Waals surface area contributed by atoms with E-state index in [-0.39, 0.29) is 83.1 Å². The maximum atomic E-state index is 16.3. The highest BCUT2D eigenvalue weighted by Crippen LogP contribution is 2.54. The summed E-state index contributed by atoms with van der Waals surface area (Å²) in [6, 6.07) is 13.1. The number of benzene rings is 2. The van der Waals surface area contributed by atoms with Crippen molar-refractivity contribution in [2.45, 2.75) is 142 Å². The molecule has 0 bridgehead atoms. The summed E-state index contributed by atoms with van der Waals surface area (Å²) in [7, 11) is -9.14. The van der Waals surface area contributed by atoms with Crippen LogP contribution in [0.15, 0.2) is 73.3 Å². The molecule has 0 radical (unpaired) electrons. The molecule has 4 aromatic heterocycles. The number of aromatic nitrogens is 8. The third kappa shape index (κ3) is 15.1. The van der Waals surface area contributed by atoms with Gasteiger partial charge in [0, 0.05) is 0 Å². The molecule has 33 heteroatoms. The number of nitrogens with zero attached hydrogens (tertiary/aromatic N) is 8. The highest BCUT2D eigenvalue weighted by Gasteiger charge is 2.67. The highest BCUT2D eigenvalue weighted by molar-refractivity contribution is 7.52. The Balaban J connectivity index is 0.000000244. The lowest BCUT2D eigenvalue weighted by Gasteiger charge is -2.28. The fourth-order valence-corrected chi connectivity index (χ4v) is 11.5. The normalized spacial score (nSPS) is 26.1. The van der Waals surface area contributed by atoms with Gasteiger partial charge in [-0.1, -0.05) is 50.2 Å². The summed E-state index contributed by atoms with van der Waals surface area (Å²) in [6.45, 7) is 14.6. The van der Waals surface area contributed by atoms with Crippen molar-refractivity contribution in [3.05, 3.63) is 79.1 Å².